The van der Waals surface area contributed by atoms with Crippen molar-refractivity contribution in [2.24, 2.45) is 0 Å². The number of aromatic nitrogens is 2. The van der Waals surface area contributed by atoms with Gasteiger partial charge in [0, 0.05) is 26.2 Å². The molecule has 0 saturated carbocycles. The summed E-state index contributed by atoms with van der Waals surface area (Å²) in [6.07, 6.45) is 0.904. The summed E-state index contributed by atoms with van der Waals surface area (Å²) in [6, 6.07) is 7.50. The number of furan rings is 1. The molecule has 6 heteroatoms. The number of nitrogens with zero attached hydrogens (tertiary/aromatic N) is 4. The highest BCUT2D eigenvalue weighted by Crippen LogP contribution is 2.15. The fourth-order valence-corrected chi connectivity index (χ4v) is 2.62. The number of carbonyl (C=O) groups is 1. The largest absolute Gasteiger partial charge is 0.456 e. The van der Waals surface area contributed by atoms with Gasteiger partial charge in [0.1, 0.15) is 5.76 Å². The third kappa shape index (κ3) is 3.10. The molecule has 3 rings (SSSR count). The normalized spacial score (nSPS) is 15.7. The summed E-state index contributed by atoms with van der Waals surface area (Å²) < 4.78 is 5.44. The minimum atomic E-state index is -0.0371. The van der Waals surface area contributed by atoms with Crippen molar-refractivity contribution in [3.8, 4) is 0 Å². The number of carbonyl (C=O) groups excluding carboxylic acids is 1. The summed E-state index contributed by atoms with van der Waals surface area (Å²) in [7, 11) is 0. The highest BCUT2D eigenvalue weighted by Gasteiger charge is 2.22. The van der Waals surface area contributed by atoms with Crippen LogP contribution in [0.15, 0.2) is 28.7 Å². The molecule has 0 atom stereocenters. The number of anilines is 1. The maximum Gasteiger partial charge on any atom is 0.289 e. The van der Waals surface area contributed by atoms with E-state index in [4.69, 9.17) is 4.42 Å². The van der Waals surface area contributed by atoms with E-state index < -0.39 is 0 Å². The molecule has 0 unspecified atom stereocenters. The zero-order valence-corrected chi connectivity index (χ0v) is 13.0. The molecule has 0 radical (unpaired) electrons. The van der Waals surface area contributed by atoms with Crippen LogP contribution in [0.2, 0.25) is 0 Å². The van der Waals surface area contributed by atoms with Gasteiger partial charge in [0.25, 0.3) is 5.91 Å². The second-order valence-corrected chi connectivity index (χ2v) is 5.58. The van der Waals surface area contributed by atoms with Crippen LogP contribution >= 0.6 is 0 Å². The van der Waals surface area contributed by atoms with Gasteiger partial charge in [-0.2, -0.15) is 5.10 Å². The molecule has 22 heavy (non-hydrogen) atoms. The van der Waals surface area contributed by atoms with E-state index in [2.05, 4.69) is 15.1 Å². The average molecular weight is 300 g/mol. The maximum absolute atomic E-state index is 12.4. The van der Waals surface area contributed by atoms with Gasteiger partial charge in [-0.1, -0.05) is 0 Å². The molecule has 2 aromatic heterocycles. The molecule has 0 bridgehead atoms. The smallest absolute Gasteiger partial charge is 0.289 e. The Kier molecular flexibility index (Phi) is 4.09. The van der Waals surface area contributed by atoms with E-state index in [0.717, 1.165) is 43.3 Å². The van der Waals surface area contributed by atoms with Crippen LogP contribution in [0.4, 0.5) is 5.82 Å². The van der Waals surface area contributed by atoms with Crippen molar-refractivity contribution in [3.63, 3.8) is 0 Å². The molecule has 1 amide bonds. The van der Waals surface area contributed by atoms with E-state index in [1.807, 2.05) is 36.9 Å². The molecule has 6 nitrogen and oxygen atoms in total. The third-order valence-electron chi connectivity index (χ3n) is 3.84. The Morgan fingerprint density at radius 1 is 1.05 bits per heavy atom. The van der Waals surface area contributed by atoms with Gasteiger partial charge < -0.3 is 14.2 Å². The Morgan fingerprint density at radius 3 is 2.59 bits per heavy atom. The van der Waals surface area contributed by atoms with Crippen LogP contribution in [-0.2, 0) is 0 Å². The minimum Gasteiger partial charge on any atom is -0.456 e. The van der Waals surface area contributed by atoms with Crippen LogP contribution in [-0.4, -0.2) is 47.2 Å². The number of aryl methyl sites for hydroxylation is 2. The van der Waals surface area contributed by atoms with Gasteiger partial charge in [-0.25, -0.2) is 0 Å². The molecule has 0 aromatic carbocycles. The summed E-state index contributed by atoms with van der Waals surface area (Å²) in [4.78, 5) is 16.5. The second-order valence-electron chi connectivity index (χ2n) is 5.58. The molecule has 0 N–H and O–H groups in total. The van der Waals surface area contributed by atoms with Crippen LogP contribution < -0.4 is 4.90 Å². The summed E-state index contributed by atoms with van der Waals surface area (Å²) in [5.41, 5.74) is 0.906. The van der Waals surface area contributed by atoms with Gasteiger partial charge in [0.2, 0.25) is 0 Å². The van der Waals surface area contributed by atoms with Gasteiger partial charge in [-0.3, -0.25) is 4.79 Å². The molecule has 1 aliphatic heterocycles. The van der Waals surface area contributed by atoms with Gasteiger partial charge in [0.05, 0.1) is 5.69 Å². The van der Waals surface area contributed by atoms with E-state index in [9.17, 15) is 4.79 Å². The average Bonchev–Trinajstić information content (AvgIpc) is 2.81. The van der Waals surface area contributed by atoms with E-state index in [1.54, 1.807) is 6.07 Å². The monoisotopic (exact) mass is 300 g/mol. The second kappa shape index (κ2) is 6.17. The van der Waals surface area contributed by atoms with Gasteiger partial charge in [-0.15, -0.1) is 5.10 Å². The summed E-state index contributed by atoms with van der Waals surface area (Å²) in [5, 5.41) is 8.33. The summed E-state index contributed by atoms with van der Waals surface area (Å²) in [5.74, 6) is 2.01. The lowest BCUT2D eigenvalue weighted by molar-refractivity contribution is 0.0733. The first-order valence-corrected chi connectivity index (χ1v) is 7.54. The van der Waals surface area contributed by atoms with Crippen molar-refractivity contribution in [1.82, 2.24) is 15.1 Å². The van der Waals surface area contributed by atoms with E-state index in [-0.39, 0.29) is 5.91 Å². The Morgan fingerprint density at radius 2 is 1.91 bits per heavy atom. The molecule has 1 fully saturated rings. The van der Waals surface area contributed by atoms with Gasteiger partial charge in [0.15, 0.2) is 11.6 Å². The Balaban J connectivity index is 1.67. The predicted octanol–water partition coefficient (Wildman–Crippen LogP) is 2.04. The molecule has 2 aromatic rings. The van der Waals surface area contributed by atoms with Crippen molar-refractivity contribution >= 4 is 11.7 Å². The van der Waals surface area contributed by atoms with Crippen molar-refractivity contribution < 1.29 is 9.21 Å². The fourth-order valence-electron chi connectivity index (χ4n) is 2.62. The summed E-state index contributed by atoms with van der Waals surface area (Å²) >= 11 is 0. The Hall–Kier alpha value is -2.37. The number of rotatable bonds is 2. The quantitative estimate of drug-likeness (QED) is 0.849. The van der Waals surface area contributed by atoms with Crippen LogP contribution in [0.3, 0.4) is 0 Å². The molecule has 1 aliphatic rings. The number of hydrogen-bond acceptors (Lipinski definition) is 5. The van der Waals surface area contributed by atoms with Crippen molar-refractivity contribution in [1.29, 1.82) is 0 Å². The molecule has 116 valence electrons. The van der Waals surface area contributed by atoms with Gasteiger partial charge in [-0.05, 0) is 44.5 Å². The Labute approximate surface area is 129 Å². The van der Waals surface area contributed by atoms with Crippen molar-refractivity contribution in [3.05, 3.63) is 41.5 Å². The number of hydrogen-bond donors (Lipinski definition) is 0. The zero-order valence-electron chi connectivity index (χ0n) is 13.0. The molecular weight excluding hydrogens is 280 g/mol. The first-order valence-electron chi connectivity index (χ1n) is 7.54. The maximum atomic E-state index is 12.4. The van der Waals surface area contributed by atoms with Crippen LogP contribution in [0.25, 0.3) is 0 Å². The lowest BCUT2D eigenvalue weighted by Crippen LogP contribution is -2.35. The first-order chi connectivity index (χ1) is 10.6. The topological polar surface area (TPSA) is 62.5 Å². The van der Waals surface area contributed by atoms with Gasteiger partial charge >= 0.3 is 0 Å². The standard InChI is InChI=1S/C16H20N4O2/c1-12-4-7-15(18-17-12)19-8-3-9-20(11-10-19)16(21)14-6-5-13(2)22-14/h4-7H,3,8-11H2,1-2H3. The minimum absolute atomic E-state index is 0.0371. The molecular formula is C16H20N4O2. The highest BCUT2D eigenvalue weighted by molar-refractivity contribution is 5.91. The van der Waals surface area contributed by atoms with Crippen LogP contribution in [0.5, 0.6) is 0 Å². The van der Waals surface area contributed by atoms with Crippen LogP contribution in [0, 0.1) is 13.8 Å². The van der Waals surface area contributed by atoms with Crippen molar-refractivity contribution in [2.75, 3.05) is 31.1 Å². The fraction of sp³-hybridized carbons (Fsp3) is 0.438. The molecule has 0 spiro atoms. The Bertz CT molecular complexity index is 650. The summed E-state index contributed by atoms with van der Waals surface area (Å²) in [6.45, 7) is 6.78. The van der Waals surface area contributed by atoms with E-state index in [0.29, 0.717) is 12.3 Å². The lowest BCUT2D eigenvalue weighted by atomic mass is 10.3. The first kappa shape index (κ1) is 14.6. The highest BCUT2D eigenvalue weighted by atomic mass is 16.3. The van der Waals surface area contributed by atoms with E-state index in [1.165, 1.54) is 0 Å². The molecule has 3 heterocycles. The third-order valence-corrected chi connectivity index (χ3v) is 3.84. The predicted molar refractivity (Wildman–Crippen MR) is 82.9 cm³/mol. The van der Waals surface area contributed by atoms with Crippen LogP contribution in [0.1, 0.15) is 28.4 Å². The SMILES string of the molecule is Cc1ccc(N2CCCN(C(=O)c3ccc(C)o3)CC2)nn1. The number of amides is 1. The van der Waals surface area contributed by atoms with E-state index >= 15 is 0 Å². The zero-order chi connectivity index (χ0) is 15.5. The van der Waals surface area contributed by atoms with Crippen molar-refractivity contribution in [2.45, 2.75) is 20.3 Å². The lowest BCUT2D eigenvalue weighted by Gasteiger charge is -2.22. The molecule has 0 aliphatic carbocycles. The molecule has 1 saturated heterocycles.